The Morgan fingerprint density at radius 2 is 2.23 bits per heavy atom. The Morgan fingerprint density at radius 1 is 1.50 bits per heavy atom. The van der Waals surface area contributed by atoms with Gasteiger partial charge in [-0.1, -0.05) is 0 Å². The number of fused-ring (bicyclic) bond motifs is 3. The van der Waals surface area contributed by atoms with Gasteiger partial charge >= 0.3 is 18.0 Å². The quantitative estimate of drug-likeness (QED) is 0.574. The first-order chi connectivity index (χ1) is 10.4. The lowest BCUT2D eigenvalue weighted by Gasteiger charge is -2.31. The predicted octanol–water partition coefficient (Wildman–Crippen LogP) is -0.0827. The van der Waals surface area contributed by atoms with Crippen molar-refractivity contribution in [3.8, 4) is 0 Å². The summed E-state index contributed by atoms with van der Waals surface area (Å²) in [6, 6.07) is -1.16. The van der Waals surface area contributed by atoms with Crippen molar-refractivity contribution in [3.05, 3.63) is 12.0 Å². The highest BCUT2D eigenvalue weighted by Gasteiger charge is 2.55. The van der Waals surface area contributed by atoms with Gasteiger partial charge in [0.15, 0.2) is 0 Å². The average molecular weight is 307 g/mol. The number of imide groups is 1. The van der Waals surface area contributed by atoms with Crippen LogP contribution in [-0.2, 0) is 14.3 Å². The number of carbonyl (C=O) groups is 3. The number of amides is 3. The summed E-state index contributed by atoms with van der Waals surface area (Å²) >= 11 is 0. The van der Waals surface area contributed by atoms with E-state index in [0.29, 0.717) is 5.76 Å². The van der Waals surface area contributed by atoms with E-state index >= 15 is 0 Å². The number of urea groups is 1. The van der Waals surface area contributed by atoms with E-state index in [2.05, 4.69) is 4.99 Å². The standard InChI is InChI=1S/C13H15N4O5/c1-4-21-8(18)6-17-11(19)9-10(15(3)13(17)20)14-12-16(9)5-7(2)22-12/h5,9H,4,6H2,1-3H3/q+1. The van der Waals surface area contributed by atoms with Gasteiger partial charge in [0.1, 0.15) is 18.5 Å². The number of aliphatic imine (C=N–C) groups is 1. The topological polar surface area (TPSA) is 96.3 Å². The normalized spacial score (nSPS) is 20.0. The van der Waals surface area contributed by atoms with Crippen molar-refractivity contribution in [3.63, 3.8) is 0 Å². The molecule has 22 heavy (non-hydrogen) atoms. The lowest BCUT2D eigenvalue weighted by atomic mass is 10.1. The number of hydrogen-bond donors (Lipinski definition) is 0. The summed E-state index contributed by atoms with van der Waals surface area (Å²) in [7, 11) is 1.50. The second-order valence-corrected chi connectivity index (χ2v) is 4.98. The van der Waals surface area contributed by atoms with E-state index in [-0.39, 0.29) is 18.5 Å². The molecule has 0 bridgehead atoms. The van der Waals surface area contributed by atoms with E-state index in [1.54, 1.807) is 24.6 Å². The number of oxazole rings is 1. The minimum Gasteiger partial charge on any atom is -0.465 e. The summed E-state index contributed by atoms with van der Waals surface area (Å²) in [4.78, 5) is 42.8. The molecule has 116 valence electrons. The van der Waals surface area contributed by atoms with E-state index in [0.717, 1.165) is 4.90 Å². The number of aromatic nitrogens is 1. The lowest BCUT2D eigenvalue weighted by Crippen LogP contribution is -2.63. The molecule has 1 fully saturated rings. The molecule has 0 saturated carbocycles. The van der Waals surface area contributed by atoms with Gasteiger partial charge in [0, 0.05) is 12.0 Å². The third-order valence-electron chi connectivity index (χ3n) is 3.48. The third-order valence-corrected chi connectivity index (χ3v) is 3.48. The second kappa shape index (κ2) is 4.93. The number of amidine groups is 1. The van der Waals surface area contributed by atoms with Crippen molar-refractivity contribution in [1.82, 2.24) is 9.80 Å². The van der Waals surface area contributed by atoms with Crippen LogP contribution in [0.15, 0.2) is 15.6 Å². The zero-order valence-corrected chi connectivity index (χ0v) is 12.4. The van der Waals surface area contributed by atoms with E-state index in [4.69, 9.17) is 9.15 Å². The van der Waals surface area contributed by atoms with Crippen LogP contribution in [-0.4, -0.2) is 53.7 Å². The molecule has 1 aromatic rings. The molecule has 0 N–H and O–H groups in total. The number of rotatable bonds is 3. The van der Waals surface area contributed by atoms with Gasteiger partial charge in [-0.2, -0.15) is 4.57 Å². The van der Waals surface area contributed by atoms with Crippen LogP contribution in [0.25, 0.3) is 0 Å². The summed E-state index contributed by atoms with van der Waals surface area (Å²) in [5.74, 6) is -0.278. The highest BCUT2D eigenvalue weighted by atomic mass is 16.5. The van der Waals surface area contributed by atoms with Crippen molar-refractivity contribution < 1.29 is 28.1 Å². The smallest absolute Gasteiger partial charge is 0.465 e. The SMILES string of the molecule is CCOC(=O)CN1C(=O)C2C(=Nc3oc(C)c[n+]32)N(C)C1=O. The maximum Gasteiger partial charge on any atom is 0.506 e. The number of hydrogen-bond acceptors (Lipinski definition) is 6. The van der Waals surface area contributed by atoms with Gasteiger partial charge in [-0.25, -0.2) is 9.69 Å². The molecule has 2 aliphatic rings. The first-order valence-corrected chi connectivity index (χ1v) is 6.79. The van der Waals surface area contributed by atoms with Gasteiger partial charge in [-0.15, -0.1) is 0 Å². The van der Waals surface area contributed by atoms with Crippen molar-refractivity contribution in [2.45, 2.75) is 19.9 Å². The summed E-state index contributed by atoms with van der Waals surface area (Å²) in [6.07, 6.45) is 1.64. The molecule has 0 aliphatic carbocycles. The maximum absolute atomic E-state index is 12.6. The number of carbonyl (C=O) groups excluding carboxylic acids is 3. The zero-order chi connectivity index (χ0) is 16.0. The Bertz CT molecular complexity index is 707. The Kier molecular flexibility index (Phi) is 3.19. The fourth-order valence-corrected chi connectivity index (χ4v) is 2.51. The van der Waals surface area contributed by atoms with E-state index < -0.39 is 30.5 Å². The molecule has 2 aliphatic heterocycles. The highest BCUT2D eigenvalue weighted by molar-refractivity contribution is 6.19. The fraction of sp³-hybridized carbons (Fsp3) is 0.462. The summed E-state index contributed by atoms with van der Waals surface area (Å²) in [5.41, 5.74) is 0. The molecule has 3 rings (SSSR count). The highest BCUT2D eigenvalue weighted by Crippen LogP contribution is 2.28. The fourth-order valence-electron chi connectivity index (χ4n) is 2.51. The molecule has 0 radical (unpaired) electrons. The molecule has 0 spiro atoms. The third kappa shape index (κ3) is 1.97. The zero-order valence-electron chi connectivity index (χ0n) is 12.4. The largest absolute Gasteiger partial charge is 0.506 e. The molecule has 3 heterocycles. The van der Waals surface area contributed by atoms with E-state index in [1.165, 1.54) is 11.9 Å². The first kappa shape index (κ1) is 14.2. The molecule has 1 atom stereocenters. The first-order valence-electron chi connectivity index (χ1n) is 6.79. The van der Waals surface area contributed by atoms with Crippen LogP contribution in [0.4, 0.5) is 10.8 Å². The van der Waals surface area contributed by atoms with Gasteiger partial charge < -0.3 is 9.15 Å². The summed E-state index contributed by atoms with van der Waals surface area (Å²) < 4.78 is 11.7. The van der Waals surface area contributed by atoms with Gasteiger partial charge in [-0.05, 0) is 13.8 Å². The van der Waals surface area contributed by atoms with Gasteiger partial charge in [0.2, 0.25) is 0 Å². The maximum atomic E-state index is 12.6. The van der Waals surface area contributed by atoms with Crippen molar-refractivity contribution in [2.75, 3.05) is 20.2 Å². The number of ether oxygens (including phenoxy) is 1. The predicted molar refractivity (Wildman–Crippen MR) is 71.3 cm³/mol. The monoisotopic (exact) mass is 307 g/mol. The van der Waals surface area contributed by atoms with Crippen LogP contribution in [0.5, 0.6) is 0 Å². The second-order valence-electron chi connectivity index (χ2n) is 4.98. The minimum absolute atomic E-state index is 0.181. The molecule has 1 unspecified atom stereocenters. The lowest BCUT2D eigenvalue weighted by molar-refractivity contribution is -0.679. The van der Waals surface area contributed by atoms with E-state index in [1.807, 2.05) is 0 Å². The van der Waals surface area contributed by atoms with E-state index in [9.17, 15) is 14.4 Å². The van der Waals surface area contributed by atoms with Crippen LogP contribution >= 0.6 is 0 Å². The Balaban J connectivity index is 1.94. The molecule has 1 aromatic heterocycles. The summed E-state index contributed by atoms with van der Waals surface area (Å²) in [6.45, 7) is 3.15. The Labute approximate surface area is 125 Å². The van der Waals surface area contributed by atoms with Crippen molar-refractivity contribution >= 4 is 29.8 Å². The molecule has 0 aromatic carbocycles. The Hall–Kier alpha value is -2.71. The number of esters is 1. The van der Waals surface area contributed by atoms with Crippen LogP contribution < -0.4 is 4.57 Å². The van der Waals surface area contributed by atoms with Crippen LogP contribution in [0.1, 0.15) is 18.7 Å². The molecular formula is C13H15N4O5+. The van der Waals surface area contributed by atoms with Gasteiger partial charge in [0.25, 0.3) is 17.8 Å². The molecular weight excluding hydrogens is 292 g/mol. The van der Waals surface area contributed by atoms with Crippen LogP contribution in [0, 0.1) is 6.92 Å². The average Bonchev–Trinajstić information content (AvgIpc) is 2.97. The molecule has 9 heteroatoms. The summed E-state index contributed by atoms with van der Waals surface area (Å²) in [5, 5.41) is 0. The van der Waals surface area contributed by atoms with Gasteiger partial charge in [-0.3, -0.25) is 14.5 Å². The van der Waals surface area contributed by atoms with Gasteiger partial charge in [0.05, 0.1) is 6.61 Å². The minimum atomic E-state index is -0.801. The van der Waals surface area contributed by atoms with Crippen molar-refractivity contribution in [2.24, 2.45) is 4.99 Å². The molecule has 1 saturated heterocycles. The van der Waals surface area contributed by atoms with Crippen molar-refractivity contribution in [1.29, 1.82) is 0 Å². The molecule has 9 nitrogen and oxygen atoms in total. The van der Waals surface area contributed by atoms with Crippen LogP contribution in [0.2, 0.25) is 0 Å². The number of aryl methyl sites for hydroxylation is 1. The number of nitrogens with zero attached hydrogens (tertiary/aromatic N) is 4. The Morgan fingerprint density at radius 3 is 2.91 bits per heavy atom. The van der Waals surface area contributed by atoms with Crippen LogP contribution in [0.3, 0.4) is 0 Å². The molecule has 3 amide bonds. The number of likely N-dealkylation sites (N-methyl/N-ethyl adjacent to an activating group) is 1.